The van der Waals surface area contributed by atoms with Crippen LogP contribution in [0.15, 0.2) is 22.4 Å². The summed E-state index contributed by atoms with van der Waals surface area (Å²) in [7, 11) is 1.24. The number of thiophene rings is 1. The van der Waals surface area contributed by atoms with E-state index in [0.29, 0.717) is 4.88 Å². The first-order chi connectivity index (χ1) is 8.18. The molecule has 18 heavy (non-hydrogen) atoms. The molecule has 98 valence electrons. The Morgan fingerprint density at radius 2 is 2.00 bits per heavy atom. The van der Waals surface area contributed by atoms with Gasteiger partial charge in [0.1, 0.15) is 4.21 Å². The van der Waals surface area contributed by atoms with Crippen LogP contribution in [0.5, 0.6) is 0 Å². The zero-order chi connectivity index (χ0) is 13.6. The molecule has 0 radical (unpaired) electrons. The summed E-state index contributed by atoms with van der Waals surface area (Å²) in [5.41, 5.74) is -0.986. The fraction of sp³-hybridized carbons (Fsp3) is 0.125. The summed E-state index contributed by atoms with van der Waals surface area (Å²) in [5.74, 6) is 0. The van der Waals surface area contributed by atoms with E-state index in [0.717, 1.165) is 17.4 Å². The maximum atomic E-state index is 12.3. The summed E-state index contributed by atoms with van der Waals surface area (Å²) in [6.45, 7) is 0. The maximum absolute atomic E-state index is 12.3. The lowest BCUT2D eigenvalue weighted by molar-refractivity contribution is -0.141. The lowest BCUT2D eigenvalue weighted by atomic mass is 10.3. The van der Waals surface area contributed by atoms with E-state index in [2.05, 4.69) is 10.2 Å². The second-order valence-electron chi connectivity index (χ2n) is 3.22. The van der Waals surface area contributed by atoms with Crippen molar-refractivity contribution in [3.8, 4) is 10.6 Å². The minimum atomic E-state index is -4.55. The molecule has 0 bridgehead atoms. The van der Waals surface area contributed by atoms with Crippen LogP contribution in [0.2, 0.25) is 0 Å². The highest BCUT2D eigenvalue weighted by molar-refractivity contribution is 8.15. The van der Waals surface area contributed by atoms with Gasteiger partial charge in [0.2, 0.25) is 0 Å². The number of aromatic amines is 1. The van der Waals surface area contributed by atoms with Gasteiger partial charge >= 0.3 is 6.18 Å². The number of halogens is 4. The molecule has 0 aliphatic carbocycles. The van der Waals surface area contributed by atoms with Gasteiger partial charge in [0.05, 0.1) is 10.6 Å². The van der Waals surface area contributed by atoms with Gasteiger partial charge in [-0.15, -0.1) is 11.3 Å². The van der Waals surface area contributed by atoms with Crippen LogP contribution in [0, 0.1) is 0 Å². The Kier molecular flexibility index (Phi) is 3.16. The predicted octanol–water partition coefficient (Wildman–Crippen LogP) is 3.08. The SMILES string of the molecule is O=S(=O)(Cl)c1ccc(-c2cc(C(F)(F)F)n[nH]2)s1. The first-order valence-electron chi connectivity index (χ1n) is 4.35. The molecule has 0 fully saturated rings. The number of nitrogens with zero attached hydrogens (tertiary/aromatic N) is 1. The number of rotatable bonds is 2. The Balaban J connectivity index is 2.39. The smallest absolute Gasteiger partial charge is 0.276 e. The Morgan fingerprint density at radius 1 is 1.33 bits per heavy atom. The third kappa shape index (κ3) is 2.68. The standard InChI is InChI=1S/C8H4ClF3N2O2S2/c9-18(15,16)7-2-1-5(17-7)4-3-6(14-13-4)8(10,11)12/h1-3H,(H,13,14). The Hall–Kier alpha value is -1.06. The van der Waals surface area contributed by atoms with E-state index in [4.69, 9.17) is 10.7 Å². The summed E-state index contributed by atoms with van der Waals surface area (Å²) >= 11 is 0.758. The predicted molar refractivity (Wildman–Crippen MR) is 59.9 cm³/mol. The zero-order valence-corrected chi connectivity index (χ0v) is 10.7. The Labute approximate surface area is 108 Å². The van der Waals surface area contributed by atoms with Crippen molar-refractivity contribution in [2.45, 2.75) is 10.4 Å². The number of alkyl halides is 3. The van der Waals surface area contributed by atoms with Gasteiger partial charge in [-0.3, -0.25) is 5.10 Å². The molecule has 1 N–H and O–H groups in total. The monoisotopic (exact) mass is 316 g/mol. The van der Waals surface area contributed by atoms with Crippen LogP contribution in [0.3, 0.4) is 0 Å². The molecule has 4 nitrogen and oxygen atoms in total. The van der Waals surface area contributed by atoms with Gasteiger partial charge in [0.15, 0.2) is 5.69 Å². The molecule has 0 spiro atoms. The van der Waals surface area contributed by atoms with Crippen LogP contribution in [0.25, 0.3) is 10.6 Å². The topological polar surface area (TPSA) is 62.8 Å². The zero-order valence-electron chi connectivity index (χ0n) is 8.32. The van der Waals surface area contributed by atoms with E-state index >= 15 is 0 Å². The summed E-state index contributed by atoms with van der Waals surface area (Å²) in [4.78, 5) is 0.303. The Bertz CT molecular complexity index is 675. The molecular weight excluding hydrogens is 313 g/mol. The normalized spacial score (nSPS) is 12.9. The van der Waals surface area contributed by atoms with E-state index in [1.54, 1.807) is 0 Å². The maximum Gasteiger partial charge on any atom is 0.435 e. The van der Waals surface area contributed by atoms with Crippen molar-refractivity contribution in [3.63, 3.8) is 0 Å². The van der Waals surface area contributed by atoms with Crippen molar-refractivity contribution in [1.82, 2.24) is 10.2 Å². The number of hydrogen-bond acceptors (Lipinski definition) is 4. The molecule has 2 aromatic heterocycles. The van der Waals surface area contributed by atoms with E-state index < -0.39 is 20.9 Å². The van der Waals surface area contributed by atoms with Crippen molar-refractivity contribution in [2.24, 2.45) is 0 Å². The average molecular weight is 317 g/mol. The van der Waals surface area contributed by atoms with Gasteiger partial charge < -0.3 is 0 Å². The molecule has 2 heterocycles. The van der Waals surface area contributed by atoms with Gasteiger partial charge in [-0.1, -0.05) is 0 Å². The van der Waals surface area contributed by atoms with Crippen molar-refractivity contribution in [2.75, 3.05) is 0 Å². The molecule has 2 rings (SSSR count). The third-order valence-electron chi connectivity index (χ3n) is 1.96. The first kappa shape index (κ1) is 13.4. The summed E-state index contributed by atoms with van der Waals surface area (Å²) in [5, 5.41) is 5.31. The van der Waals surface area contributed by atoms with E-state index in [9.17, 15) is 21.6 Å². The van der Waals surface area contributed by atoms with Gasteiger partial charge in [-0.2, -0.15) is 18.3 Å². The van der Waals surface area contributed by atoms with Crippen LogP contribution in [-0.2, 0) is 15.2 Å². The van der Waals surface area contributed by atoms with Crippen LogP contribution in [0.4, 0.5) is 13.2 Å². The minimum absolute atomic E-state index is 0.0823. The number of nitrogens with one attached hydrogen (secondary N) is 1. The minimum Gasteiger partial charge on any atom is -0.276 e. The molecule has 10 heteroatoms. The summed E-state index contributed by atoms with van der Waals surface area (Å²) < 4.78 is 58.8. The number of hydrogen-bond donors (Lipinski definition) is 1. The summed E-state index contributed by atoms with van der Waals surface area (Å²) in [6.07, 6.45) is -4.55. The molecule has 0 aromatic carbocycles. The van der Waals surface area contributed by atoms with Crippen molar-refractivity contribution in [1.29, 1.82) is 0 Å². The van der Waals surface area contributed by atoms with E-state index in [1.807, 2.05) is 0 Å². The molecular formula is C8H4ClF3N2O2S2. The molecule has 0 aliphatic heterocycles. The van der Waals surface area contributed by atoms with Gasteiger partial charge in [0, 0.05) is 10.7 Å². The van der Waals surface area contributed by atoms with Crippen molar-refractivity contribution < 1.29 is 21.6 Å². The highest BCUT2D eigenvalue weighted by Gasteiger charge is 2.34. The van der Waals surface area contributed by atoms with Crippen LogP contribution in [-0.4, -0.2) is 18.6 Å². The number of H-pyrrole nitrogens is 1. The second kappa shape index (κ2) is 4.25. The lowest BCUT2D eigenvalue weighted by Crippen LogP contribution is -2.04. The second-order valence-corrected chi connectivity index (χ2v) is 7.10. The number of aromatic nitrogens is 2. The fourth-order valence-corrected chi connectivity index (χ4v) is 3.23. The van der Waals surface area contributed by atoms with Crippen LogP contribution >= 0.6 is 22.0 Å². The summed E-state index contributed by atoms with van der Waals surface area (Å²) in [6, 6.07) is 3.38. The Morgan fingerprint density at radius 3 is 2.44 bits per heavy atom. The third-order valence-corrected chi connectivity index (χ3v) is 5.17. The van der Waals surface area contributed by atoms with Gasteiger partial charge in [-0.05, 0) is 18.2 Å². The highest BCUT2D eigenvalue weighted by atomic mass is 35.7. The fourth-order valence-electron chi connectivity index (χ4n) is 1.19. The average Bonchev–Trinajstić information content (AvgIpc) is 2.84. The van der Waals surface area contributed by atoms with Crippen LogP contribution in [0.1, 0.15) is 5.69 Å². The molecule has 0 aliphatic rings. The van der Waals surface area contributed by atoms with Crippen molar-refractivity contribution in [3.05, 3.63) is 23.9 Å². The van der Waals surface area contributed by atoms with E-state index in [-0.39, 0.29) is 9.90 Å². The van der Waals surface area contributed by atoms with E-state index in [1.165, 1.54) is 12.1 Å². The molecule has 0 unspecified atom stereocenters. The highest BCUT2D eigenvalue weighted by Crippen LogP contribution is 2.34. The quantitative estimate of drug-likeness (QED) is 0.866. The largest absolute Gasteiger partial charge is 0.435 e. The lowest BCUT2D eigenvalue weighted by Gasteiger charge is -1.98. The molecule has 0 saturated carbocycles. The first-order valence-corrected chi connectivity index (χ1v) is 7.48. The van der Waals surface area contributed by atoms with Gasteiger partial charge in [0.25, 0.3) is 9.05 Å². The van der Waals surface area contributed by atoms with Crippen molar-refractivity contribution >= 4 is 31.1 Å². The molecule has 0 amide bonds. The molecule has 0 atom stereocenters. The molecule has 2 aromatic rings. The van der Waals surface area contributed by atoms with Crippen LogP contribution < -0.4 is 0 Å². The molecule has 0 saturated heterocycles. The van der Waals surface area contributed by atoms with Gasteiger partial charge in [-0.25, -0.2) is 8.42 Å².